The van der Waals surface area contributed by atoms with Crippen molar-refractivity contribution in [2.45, 2.75) is 68.9 Å². The molecule has 0 amide bonds. The largest absolute Gasteiger partial charge is 0.440 e. The highest BCUT2D eigenvalue weighted by Gasteiger charge is 2.31. The Balaban J connectivity index is 1.93. The first-order chi connectivity index (χ1) is 9.33. The van der Waals surface area contributed by atoms with Crippen LogP contribution in [0, 0.1) is 5.92 Å². The van der Waals surface area contributed by atoms with Gasteiger partial charge in [-0.1, -0.05) is 38.5 Å². The predicted molar refractivity (Wildman–Crippen MR) is 80.5 cm³/mol. The quantitative estimate of drug-likeness (QED) is 0.817. The van der Waals surface area contributed by atoms with E-state index in [2.05, 4.69) is 24.1 Å². The van der Waals surface area contributed by atoms with E-state index in [0.717, 1.165) is 17.7 Å². The number of rotatable bonds is 7. The predicted octanol–water partition coefficient (Wildman–Crippen LogP) is 4.10. The smallest absolute Gasteiger partial charge is 0.255 e. The maximum Gasteiger partial charge on any atom is 0.255 e. The molecule has 0 radical (unpaired) electrons. The highest BCUT2D eigenvalue weighted by molar-refractivity contribution is 7.99. The Bertz CT molecular complexity index is 342. The summed E-state index contributed by atoms with van der Waals surface area (Å²) in [5, 5.41) is 5.14. The van der Waals surface area contributed by atoms with E-state index in [4.69, 9.17) is 4.42 Å². The molecule has 0 bridgehead atoms. The van der Waals surface area contributed by atoms with Crippen molar-refractivity contribution in [2.24, 2.45) is 5.92 Å². The molecular formula is C15H26N2OS. The molecule has 0 spiro atoms. The fraction of sp³-hybridized carbons (Fsp3) is 0.800. The number of nitrogens with one attached hydrogen (secondary N) is 1. The van der Waals surface area contributed by atoms with E-state index in [9.17, 15) is 0 Å². The van der Waals surface area contributed by atoms with Crippen LogP contribution in [0.5, 0.6) is 0 Å². The Hall–Kier alpha value is -0.480. The molecule has 1 fully saturated rings. The van der Waals surface area contributed by atoms with Crippen LogP contribution in [0.1, 0.15) is 52.4 Å². The molecule has 1 aromatic heterocycles. The van der Waals surface area contributed by atoms with Gasteiger partial charge in [0.05, 0.1) is 6.20 Å². The van der Waals surface area contributed by atoms with E-state index < -0.39 is 0 Å². The normalized spacial score (nSPS) is 27.6. The Kier molecular flexibility index (Phi) is 6.24. The summed E-state index contributed by atoms with van der Waals surface area (Å²) in [6, 6.07) is 0.616. The van der Waals surface area contributed by atoms with Crippen molar-refractivity contribution < 1.29 is 4.42 Å². The summed E-state index contributed by atoms with van der Waals surface area (Å²) < 4.78 is 5.41. The van der Waals surface area contributed by atoms with E-state index in [-0.39, 0.29) is 0 Å². The zero-order valence-electron chi connectivity index (χ0n) is 12.1. The summed E-state index contributed by atoms with van der Waals surface area (Å²) in [6.07, 6.45) is 11.2. The molecule has 1 saturated carbocycles. The molecule has 3 atom stereocenters. The van der Waals surface area contributed by atoms with Crippen LogP contribution in [0.25, 0.3) is 0 Å². The number of oxazole rings is 1. The van der Waals surface area contributed by atoms with E-state index in [1.165, 1.54) is 38.5 Å². The van der Waals surface area contributed by atoms with Crippen LogP contribution >= 0.6 is 11.8 Å². The number of hydrogen-bond donors (Lipinski definition) is 1. The summed E-state index contributed by atoms with van der Waals surface area (Å²) >= 11 is 1.82. The van der Waals surface area contributed by atoms with Gasteiger partial charge < -0.3 is 9.73 Å². The number of nitrogens with zero attached hydrogens (tertiary/aromatic N) is 1. The van der Waals surface area contributed by atoms with Crippen LogP contribution < -0.4 is 5.32 Å². The summed E-state index contributed by atoms with van der Waals surface area (Å²) in [5.41, 5.74) is 0. The van der Waals surface area contributed by atoms with Crippen molar-refractivity contribution in [2.75, 3.05) is 6.54 Å². The van der Waals surface area contributed by atoms with E-state index >= 15 is 0 Å². The molecule has 0 aromatic carbocycles. The molecule has 3 nitrogen and oxygen atoms in total. The highest BCUT2D eigenvalue weighted by Crippen LogP contribution is 2.37. The first kappa shape index (κ1) is 14.9. The standard InChI is InChI=1S/C15H26N2OS/c1-3-5-12-6-7-13(16-8-4-2)14(11-12)19-15-17-9-10-18-15/h9-10,12-14,16H,3-8,11H2,1-2H3. The van der Waals surface area contributed by atoms with Crippen LogP contribution in [-0.4, -0.2) is 22.8 Å². The Morgan fingerprint density at radius 2 is 2.26 bits per heavy atom. The average Bonchev–Trinajstić information content (AvgIpc) is 2.91. The molecule has 4 heteroatoms. The van der Waals surface area contributed by atoms with E-state index in [1.54, 1.807) is 12.5 Å². The molecule has 3 unspecified atom stereocenters. The van der Waals surface area contributed by atoms with Crippen molar-refractivity contribution in [3.8, 4) is 0 Å². The van der Waals surface area contributed by atoms with Crippen molar-refractivity contribution in [1.29, 1.82) is 0 Å². The van der Waals surface area contributed by atoms with E-state index in [0.29, 0.717) is 11.3 Å². The molecule has 0 aliphatic heterocycles. The molecule has 19 heavy (non-hydrogen) atoms. The third-order valence-electron chi connectivity index (χ3n) is 3.92. The maximum absolute atomic E-state index is 5.41. The second-order valence-corrected chi connectivity index (χ2v) is 6.67. The van der Waals surface area contributed by atoms with Gasteiger partial charge in [0.2, 0.25) is 0 Å². The lowest BCUT2D eigenvalue weighted by atomic mass is 9.83. The summed E-state index contributed by atoms with van der Waals surface area (Å²) in [4.78, 5) is 4.26. The molecule has 1 N–H and O–H groups in total. The van der Waals surface area contributed by atoms with Crippen LogP contribution in [0.3, 0.4) is 0 Å². The van der Waals surface area contributed by atoms with Gasteiger partial charge in [-0.05, 0) is 38.1 Å². The molecule has 1 aliphatic rings. The molecule has 1 aromatic rings. The SMILES string of the molecule is CCCNC1CCC(CCC)CC1Sc1ncco1. The number of thioether (sulfide) groups is 1. The lowest BCUT2D eigenvalue weighted by Crippen LogP contribution is -2.43. The second-order valence-electron chi connectivity index (χ2n) is 5.48. The van der Waals surface area contributed by atoms with Gasteiger partial charge >= 0.3 is 0 Å². The monoisotopic (exact) mass is 282 g/mol. The third kappa shape index (κ3) is 4.53. The average molecular weight is 282 g/mol. The van der Waals surface area contributed by atoms with Gasteiger partial charge in [-0.3, -0.25) is 0 Å². The Morgan fingerprint density at radius 1 is 1.37 bits per heavy atom. The second kappa shape index (κ2) is 7.95. The Morgan fingerprint density at radius 3 is 2.95 bits per heavy atom. The summed E-state index contributed by atoms with van der Waals surface area (Å²) in [5.74, 6) is 0.886. The molecule has 108 valence electrons. The van der Waals surface area contributed by atoms with Gasteiger partial charge in [-0.2, -0.15) is 0 Å². The number of hydrogen-bond acceptors (Lipinski definition) is 4. The first-order valence-electron chi connectivity index (χ1n) is 7.63. The van der Waals surface area contributed by atoms with Crippen molar-refractivity contribution >= 4 is 11.8 Å². The first-order valence-corrected chi connectivity index (χ1v) is 8.51. The minimum atomic E-state index is 0.607. The lowest BCUT2D eigenvalue weighted by molar-refractivity contribution is 0.286. The van der Waals surface area contributed by atoms with Gasteiger partial charge in [0.25, 0.3) is 5.22 Å². The van der Waals surface area contributed by atoms with E-state index in [1.807, 2.05) is 11.8 Å². The summed E-state index contributed by atoms with van der Waals surface area (Å²) in [7, 11) is 0. The fourth-order valence-electron chi connectivity index (χ4n) is 2.97. The number of aromatic nitrogens is 1. The van der Waals surface area contributed by atoms with Crippen LogP contribution in [0.15, 0.2) is 22.1 Å². The lowest BCUT2D eigenvalue weighted by Gasteiger charge is -2.35. The zero-order valence-corrected chi connectivity index (χ0v) is 12.9. The Labute approximate surface area is 120 Å². The van der Waals surface area contributed by atoms with Crippen molar-refractivity contribution in [3.05, 3.63) is 12.5 Å². The molecule has 2 rings (SSSR count). The molecule has 0 saturated heterocycles. The van der Waals surface area contributed by atoms with Crippen molar-refractivity contribution in [3.63, 3.8) is 0 Å². The molecule has 1 heterocycles. The molecule has 1 aliphatic carbocycles. The van der Waals surface area contributed by atoms with Gasteiger partial charge in [0.15, 0.2) is 0 Å². The maximum atomic E-state index is 5.41. The topological polar surface area (TPSA) is 38.1 Å². The van der Waals surface area contributed by atoms with Crippen LogP contribution in [-0.2, 0) is 0 Å². The van der Waals surface area contributed by atoms with Gasteiger partial charge in [-0.25, -0.2) is 4.98 Å². The van der Waals surface area contributed by atoms with Gasteiger partial charge in [0.1, 0.15) is 6.26 Å². The van der Waals surface area contributed by atoms with Crippen LogP contribution in [0.2, 0.25) is 0 Å². The highest BCUT2D eigenvalue weighted by atomic mass is 32.2. The van der Waals surface area contributed by atoms with Crippen molar-refractivity contribution in [1.82, 2.24) is 10.3 Å². The minimum absolute atomic E-state index is 0.607. The fourth-order valence-corrected chi connectivity index (χ4v) is 4.23. The third-order valence-corrected chi connectivity index (χ3v) is 5.14. The molecular weight excluding hydrogens is 256 g/mol. The van der Waals surface area contributed by atoms with Gasteiger partial charge in [0, 0.05) is 11.3 Å². The minimum Gasteiger partial charge on any atom is -0.440 e. The summed E-state index contributed by atoms with van der Waals surface area (Å²) in [6.45, 7) is 5.63. The van der Waals surface area contributed by atoms with Crippen LogP contribution in [0.4, 0.5) is 0 Å². The van der Waals surface area contributed by atoms with Gasteiger partial charge in [-0.15, -0.1) is 0 Å². The zero-order chi connectivity index (χ0) is 13.5.